The Morgan fingerprint density at radius 2 is 1.95 bits per heavy atom. The fourth-order valence-corrected chi connectivity index (χ4v) is 3.08. The van der Waals surface area contributed by atoms with Crippen molar-refractivity contribution < 1.29 is 14.7 Å². The molecule has 4 nitrogen and oxygen atoms in total. The fraction of sp³-hybridized carbons (Fsp3) is 0.467. The average Bonchev–Trinajstić information content (AvgIpc) is 2.39. The van der Waals surface area contributed by atoms with E-state index in [9.17, 15) is 14.7 Å². The lowest BCUT2D eigenvalue weighted by Gasteiger charge is -2.41. The van der Waals surface area contributed by atoms with Crippen LogP contribution >= 0.6 is 0 Å². The molecule has 1 aliphatic carbocycles. The summed E-state index contributed by atoms with van der Waals surface area (Å²) in [7, 11) is 0. The molecule has 2 rings (SSSR count). The van der Waals surface area contributed by atoms with E-state index in [4.69, 9.17) is 0 Å². The van der Waals surface area contributed by atoms with Crippen LogP contribution in [0.5, 0.6) is 0 Å². The number of carbonyl (C=O) groups is 2. The largest absolute Gasteiger partial charge is 0.479 e. The van der Waals surface area contributed by atoms with Gasteiger partial charge in [-0.1, -0.05) is 43.2 Å². The van der Waals surface area contributed by atoms with Crippen molar-refractivity contribution in [1.29, 1.82) is 0 Å². The van der Waals surface area contributed by atoms with Crippen molar-refractivity contribution in [1.82, 2.24) is 5.32 Å². The van der Waals surface area contributed by atoms with Crippen molar-refractivity contribution in [2.24, 2.45) is 0 Å². The minimum absolute atomic E-state index is 0.163. The molecule has 0 heterocycles. The number of amides is 1. The number of rotatable bonds is 3. The van der Waals surface area contributed by atoms with Gasteiger partial charge in [-0.15, -0.1) is 0 Å². The SMILES string of the molecule is CC(=O)N[C@]1(C(=O)O)CCCC[C@H]1c1ccccc1. The summed E-state index contributed by atoms with van der Waals surface area (Å²) in [5.74, 6) is -1.38. The minimum Gasteiger partial charge on any atom is -0.479 e. The van der Waals surface area contributed by atoms with Crippen LogP contribution in [0.15, 0.2) is 30.3 Å². The second kappa shape index (κ2) is 5.43. The third-order valence-electron chi connectivity index (χ3n) is 3.89. The van der Waals surface area contributed by atoms with Gasteiger partial charge in [0.25, 0.3) is 0 Å². The predicted molar refractivity (Wildman–Crippen MR) is 71.8 cm³/mol. The van der Waals surface area contributed by atoms with E-state index in [0.717, 1.165) is 24.8 Å². The average molecular weight is 261 g/mol. The number of carboxylic acid groups (broad SMARTS) is 1. The first kappa shape index (κ1) is 13.6. The number of carboxylic acids is 1. The summed E-state index contributed by atoms with van der Waals surface area (Å²) in [4.78, 5) is 23.2. The van der Waals surface area contributed by atoms with Crippen molar-refractivity contribution in [3.63, 3.8) is 0 Å². The zero-order valence-corrected chi connectivity index (χ0v) is 11.1. The summed E-state index contributed by atoms with van der Waals surface area (Å²) in [6, 6.07) is 9.60. The van der Waals surface area contributed by atoms with Crippen LogP contribution in [0.25, 0.3) is 0 Å². The molecule has 1 fully saturated rings. The molecule has 1 saturated carbocycles. The van der Waals surface area contributed by atoms with Crippen LogP contribution in [-0.4, -0.2) is 22.5 Å². The number of hydrogen-bond acceptors (Lipinski definition) is 2. The maximum atomic E-state index is 11.8. The maximum absolute atomic E-state index is 11.8. The standard InChI is InChI=1S/C15H19NO3/c1-11(17)16-15(14(18)19)10-6-5-9-13(15)12-7-3-2-4-8-12/h2-4,7-8,13H,5-6,9-10H2,1H3,(H,16,17)(H,18,19)/t13-,15+/m0/s1. The lowest BCUT2D eigenvalue weighted by molar-refractivity contribution is -0.150. The molecular formula is C15H19NO3. The van der Waals surface area contributed by atoms with Crippen LogP contribution in [0.3, 0.4) is 0 Å². The third-order valence-corrected chi connectivity index (χ3v) is 3.89. The molecule has 2 atom stereocenters. The Kier molecular flexibility index (Phi) is 3.88. The van der Waals surface area contributed by atoms with Gasteiger partial charge in [-0.2, -0.15) is 0 Å². The summed E-state index contributed by atoms with van der Waals surface area (Å²) >= 11 is 0. The van der Waals surface area contributed by atoms with Gasteiger partial charge < -0.3 is 10.4 Å². The molecule has 0 aromatic heterocycles. The molecule has 0 saturated heterocycles. The Labute approximate surface area is 112 Å². The number of benzene rings is 1. The van der Waals surface area contributed by atoms with Crippen LogP contribution in [0, 0.1) is 0 Å². The highest BCUT2D eigenvalue weighted by Gasteiger charge is 2.48. The molecule has 0 bridgehead atoms. The lowest BCUT2D eigenvalue weighted by atomic mass is 9.69. The molecule has 1 aromatic rings. The van der Waals surface area contributed by atoms with E-state index in [-0.39, 0.29) is 11.8 Å². The van der Waals surface area contributed by atoms with Crippen molar-refractivity contribution in [3.8, 4) is 0 Å². The van der Waals surface area contributed by atoms with E-state index in [1.165, 1.54) is 6.92 Å². The van der Waals surface area contributed by atoms with Gasteiger partial charge in [0.1, 0.15) is 5.54 Å². The molecule has 0 unspecified atom stereocenters. The van der Waals surface area contributed by atoms with Gasteiger partial charge in [0.15, 0.2) is 0 Å². The molecule has 19 heavy (non-hydrogen) atoms. The molecule has 1 amide bonds. The first-order chi connectivity index (χ1) is 9.06. The zero-order valence-electron chi connectivity index (χ0n) is 11.1. The molecular weight excluding hydrogens is 242 g/mol. The summed E-state index contributed by atoms with van der Waals surface area (Å²) in [6.45, 7) is 1.38. The van der Waals surface area contributed by atoms with Gasteiger partial charge in [-0.3, -0.25) is 4.79 Å². The summed E-state index contributed by atoms with van der Waals surface area (Å²) in [5.41, 5.74) is -0.177. The van der Waals surface area contributed by atoms with Gasteiger partial charge in [0, 0.05) is 12.8 Å². The molecule has 1 aromatic carbocycles. The lowest BCUT2D eigenvalue weighted by Crippen LogP contribution is -2.59. The minimum atomic E-state index is -1.16. The Hall–Kier alpha value is -1.84. The van der Waals surface area contributed by atoms with Crippen LogP contribution in [-0.2, 0) is 9.59 Å². The maximum Gasteiger partial charge on any atom is 0.330 e. The summed E-state index contributed by atoms with van der Waals surface area (Å²) < 4.78 is 0. The molecule has 2 N–H and O–H groups in total. The van der Waals surface area contributed by atoms with E-state index in [1.807, 2.05) is 30.3 Å². The van der Waals surface area contributed by atoms with Gasteiger partial charge in [-0.05, 0) is 18.4 Å². The van der Waals surface area contributed by atoms with Crippen LogP contribution < -0.4 is 5.32 Å². The van der Waals surface area contributed by atoms with E-state index < -0.39 is 11.5 Å². The Morgan fingerprint density at radius 1 is 1.26 bits per heavy atom. The van der Waals surface area contributed by atoms with E-state index in [2.05, 4.69) is 5.32 Å². The van der Waals surface area contributed by atoms with Crippen LogP contribution in [0.4, 0.5) is 0 Å². The van der Waals surface area contributed by atoms with Crippen molar-refractivity contribution in [2.75, 3.05) is 0 Å². The number of hydrogen-bond donors (Lipinski definition) is 2. The van der Waals surface area contributed by atoms with Crippen LogP contribution in [0.2, 0.25) is 0 Å². The number of aliphatic carboxylic acids is 1. The molecule has 1 aliphatic rings. The Balaban J connectivity index is 2.42. The van der Waals surface area contributed by atoms with Crippen molar-refractivity contribution in [3.05, 3.63) is 35.9 Å². The fourth-order valence-electron chi connectivity index (χ4n) is 3.08. The van der Waals surface area contributed by atoms with E-state index in [1.54, 1.807) is 0 Å². The molecule has 0 aliphatic heterocycles. The van der Waals surface area contributed by atoms with Gasteiger partial charge >= 0.3 is 5.97 Å². The highest BCUT2D eigenvalue weighted by Crippen LogP contribution is 2.41. The first-order valence-electron chi connectivity index (χ1n) is 6.63. The monoisotopic (exact) mass is 261 g/mol. The van der Waals surface area contributed by atoms with E-state index >= 15 is 0 Å². The molecule has 4 heteroatoms. The number of carbonyl (C=O) groups excluding carboxylic acids is 1. The quantitative estimate of drug-likeness (QED) is 0.877. The Bertz CT molecular complexity index is 472. The zero-order chi connectivity index (χ0) is 13.9. The smallest absolute Gasteiger partial charge is 0.330 e. The van der Waals surface area contributed by atoms with Gasteiger partial charge in [0.2, 0.25) is 5.91 Å². The van der Waals surface area contributed by atoms with Crippen molar-refractivity contribution in [2.45, 2.75) is 44.1 Å². The first-order valence-corrected chi connectivity index (χ1v) is 6.63. The van der Waals surface area contributed by atoms with E-state index in [0.29, 0.717) is 6.42 Å². The second-order valence-corrected chi connectivity index (χ2v) is 5.17. The van der Waals surface area contributed by atoms with Crippen LogP contribution in [0.1, 0.15) is 44.1 Å². The molecule has 0 spiro atoms. The van der Waals surface area contributed by atoms with Gasteiger partial charge in [-0.25, -0.2) is 4.79 Å². The van der Waals surface area contributed by atoms with Crippen molar-refractivity contribution >= 4 is 11.9 Å². The third kappa shape index (κ3) is 2.62. The predicted octanol–water partition coefficient (Wildman–Crippen LogP) is 2.30. The van der Waals surface area contributed by atoms with Gasteiger partial charge in [0.05, 0.1) is 0 Å². The molecule has 0 radical (unpaired) electrons. The topological polar surface area (TPSA) is 66.4 Å². The Morgan fingerprint density at radius 3 is 2.53 bits per heavy atom. The second-order valence-electron chi connectivity index (χ2n) is 5.17. The normalized spacial score (nSPS) is 26.7. The highest BCUT2D eigenvalue weighted by molar-refractivity contribution is 5.87. The molecule has 102 valence electrons. The summed E-state index contributed by atoms with van der Waals surface area (Å²) in [6.07, 6.45) is 3.10. The summed E-state index contributed by atoms with van der Waals surface area (Å²) in [5, 5.41) is 12.4. The highest BCUT2D eigenvalue weighted by atomic mass is 16.4. The number of nitrogens with one attached hydrogen (secondary N) is 1.